The minimum absolute atomic E-state index is 0.240. The number of likely N-dealkylation sites (tertiary alicyclic amines) is 2. The van der Waals surface area contributed by atoms with E-state index in [4.69, 9.17) is 0 Å². The highest BCUT2D eigenvalue weighted by atomic mass is 79.9. The first-order chi connectivity index (χ1) is 11.2. The summed E-state index contributed by atoms with van der Waals surface area (Å²) in [6, 6.07) is 8.56. The summed E-state index contributed by atoms with van der Waals surface area (Å²) in [5, 5.41) is 0. The minimum atomic E-state index is 0.240. The Morgan fingerprint density at radius 2 is 1.96 bits per heavy atom. The number of carbonyl (C=O) groups is 1. The van der Waals surface area contributed by atoms with Gasteiger partial charge in [-0.25, -0.2) is 0 Å². The molecule has 0 spiro atoms. The third-order valence-electron chi connectivity index (χ3n) is 5.23. The van der Waals surface area contributed by atoms with E-state index in [0.29, 0.717) is 5.91 Å². The van der Waals surface area contributed by atoms with Gasteiger partial charge >= 0.3 is 0 Å². The maximum Gasteiger partial charge on any atom is 0.231 e. The van der Waals surface area contributed by atoms with Crippen molar-refractivity contribution in [2.75, 3.05) is 26.2 Å². The quantitative estimate of drug-likeness (QED) is 0.857. The van der Waals surface area contributed by atoms with Gasteiger partial charge in [-0.2, -0.15) is 0 Å². The highest BCUT2D eigenvalue weighted by molar-refractivity contribution is 9.10. The van der Waals surface area contributed by atoms with Crippen molar-refractivity contribution in [3.05, 3.63) is 34.3 Å². The molecule has 1 amide bonds. The van der Waals surface area contributed by atoms with Gasteiger partial charge in [-0.05, 0) is 37.8 Å². The zero-order chi connectivity index (χ0) is 16.1. The number of nitrogens with zero attached hydrogens (tertiary/aromatic N) is 1. The van der Waals surface area contributed by atoms with Crippen molar-refractivity contribution in [3.63, 3.8) is 0 Å². The Morgan fingerprint density at radius 3 is 2.70 bits per heavy atom. The van der Waals surface area contributed by atoms with Crippen molar-refractivity contribution < 1.29 is 9.69 Å². The van der Waals surface area contributed by atoms with Crippen LogP contribution in [0.5, 0.6) is 0 Å². The molecule has 3 rings (SSSR count). The first-order valence-corrected chi connectivity index (χ1v) is 9.88. The Morgan fingerprint density at radius 1 is 1.17 bits per heavy atom. The predicted molar refractivity (Wildman–Crippen MR) is 96.3 cm³/mol. The molecule has 2 heterocycles. The van der Waals surface area contributed by atoms with Crippen LogP contribution >= 0.6 is 15.9 Å². The molecule has 2 saturated heterocycles. The highest BCUT2D eigenvalue weighted by Gasteiger charge is 2.31. The molecule has 2 fully saturated rings. The van der Waals surface area contributed by atoms with Gasteiger partial charge in [-0.1, -0.05) is 40.9 Å². The summed E-state index contributed by atoms with van der Waals surface area (Å²) < 4.78 is 1.14. The molecular formula is C19H28BrN2O+. The fourth-order valence-corrected chi connectivity index (χ4v) is 4.45. The van der Waals surface area contributed by atoms with Gasteiger partial charge in [0, 0.05) is 23.1 Å². The van der Waals surface area contributed by atoms with Crippen molar-refractivity contribution in [2.45, 2.75) is 45.1 Å². The molecular weight excluding hydrogens is 352 g/mol. The summed E-state index contributed by atoms with van der Waals surface area (Å²) in [7, 11) is 0. The van der Waals surface area contributed by atoms with E-state index in [1.54, 1.807) is 4.90 Å². The number of piperidine rings is 1. The summed E-state index contributed by atoms with van der Waals surface area (Å²) in [6.07, 6.45) is 7.20. The van der Waals surface area contributed by atoms with Crippen LogP contribution in [0.25, 0.3) is 0 Å². The van der Waals surface area contributed by atoms with E-state index < -0.39 is 0 Å². The largest absolute Gasteiger partial charge is 0.342 e. The first-order valence-electron chi connectivity index (χ1n) is 9.09. The SMILES string of the molecule is O=C([C@@H]1CCC[NH+](Cc2cccc(Br)c2)C1)N1CCCCCC1. The van der Waals surface area contributed by atoms with E-state index in [9.17, 15) is 4.79 Å². The summed E-state index contributed by atoms with van der Waals surface area (Å²) >= 11 is 3.55. The lowest BCUT2D eigenvalue weighted by Gasteiger charge is -2.32. The zero-order valence-corrected chi connectivity index (χ0v) is 15.5. The molecule has 0 bridgehead atoms. The molecule has 2 aliphatic rings. The van der Waals surface area contributed by atoms with E-state index in [1.807, 2.05) is 0 Å². The molecule has 0 aliphatic carbocycles. The van der Waals surface area contributed by atoms with Crippen molar-refractivity contribution in [1.82, 2.24) is 4.90 Å². The maximum absolute atomic E-state index is 12.9. The van der Waals surface area contributed by atoms with Crippen LogP contribution in [0.2, 0.25) is 0 Å². The Labute approximate surface area is 148 Å². The highest BCUT2D eigenvalue weighted by Crippen LogP contribution is 2.17. The molecule has 4 heteroatoms. The van der Waals surface area contributed by atoms with Gasteiger partial charge in [0.25, 0.3) is 0 Å². The molecule has 23 heavy (non-hydrogen) atoms. The molecule has 1 unspecified atom stereocenters. The molecule has 3 nitrogen and oxygen atoms in total. The fraction of sp³-hybridized carbons (Fsp3) is 0.632. The predicted octanol–water partition coefficient (Wildman–Crippen LogP) is 2.65. The molecule has 0 saturated carbocycles. The second-order valence-electron chi connectivity index (χ2n) is 7.09. The van der Waals surface area contributed by atoms with Crippen LogP contribution in [-0.2, 0) is 11.3 Å². The Bertz CT molecular complexity index is 526. The smallest absolute Gasteiger partial charge is 0.231 e. The molecule has 0 aromatic heterocycles. The normalized spacial score (nSPS) is 25.9. The van der Waals surface area contributed by atoms with Crippen LogP contribution in [0.1, 0.15) is 44.1 Å². The second-order valence-corrected chi connectivity index (χ2v) is 8.01. The van der Waals surface area contributed by atoms with Gasteiger partial charge in [-0.3, -0.25) is 4.79 Å². The summed E-state index contributed by atoms with van der Waals surface area (Å²) in [5.74, 6) is 0.669. The number of carbonyl (C=O) groups excluding carboxylic acids is 1. The maximum atomic E-state index is 12.9. The number of hydrogen-bond donors (Lipinski definition) is 1. The van der Waals surface area contributed by atoms with Crippen LogP contribution in [0.3, 0.4) is 0 Å². The van der Waals surface area contributed by atoms with Gasteiger partial charge in [0.05, 0.1) is 19.0 Å². The molecule has 126 valence electrons. The van der Waals surface area contributed by atoms with E-state index in [2.05, 4.69) is 45.1 Å². The summed E-state index contributed by atoms with van der Waals surface area (Å²) in [6.45, 7) is 5.19. The number of quaternary nitrogens is 1. The average molecular weight is 380 g/mol. The van der Waals surface area contributed by atoms with E-state index in [1.165, 1.54) is 44.2 Å². The van der Waals surface area contributed by atoms with Crippen LogP contribution in [0.4, 0.5) is 0 Å². The Kier molecular flexibility index (Phi) is 6.12. The van der Waals surface area contributed by atoms with Crippen LogP contribution in [-0.4, -0.2) is 37.0 Å². The third kappa shape index (κ3) is 4.80. The van der Waals surface area contributed by atoms with Gasteiger partial charge in [0.1, 0.15) is 6.54 Å². The Hall–Kier alpha value is -0.870. The third-order valence-corrected chi connectivity index (χ3v) is 5.72. The summed E-state index contributed by atoms with van der Waals surface area (Å²) in [5.41, 5.74) is 1.36. The van der Waals surface area contributed by atoms with E-state index in [0.717, 1.165) is 37.1 Å². The van der Waals surface area contributed by atoms with Crippen molar-refractivity contribution in [1.29, 1.82) is 0 Å². The average Bonchev–Trinajstić information content (AvgIpc) is 2.84. The topological polar surface area (TPSA) is 24.8 Å². The zero-order valence-electron chi connectivity index (χ0n) is 13.9. The van der Waals surface area contributed by atoms with E-state index >= 15 is 0 Å². The monoisotopic (exact) mass is 379 g/mol. The summed E-state index contributed by atoms with van der Waals surface area (Å²) in [4.78, 5) is 16.6. The standard InChI is InChI=1S/C19H27BrN2O/c20-18-9-5-7-16(13-18)14-21-10-6-8-17(15-21)19(23)22-11-3-1-2-4-12-22/h5,7,9,13,17H,1-4,6,8,10-12,14-15H2/p+1/t17-/m1/s1. The van der Waals surface area contributed by atoms with Crippen molar-refractivity contribution in [3.8, 4) is 0 Å². The second kappa shape index (κ2) is 8.29. The van der Waals surface area contributed by atoms with E-state index in [-0.39, 0.29) is 5.92 Å². The molecule has 2 atom stereocenters. The molecule has 1 aromatic carbocycles. The molecule has 1 N–H and O–H groups in total. The van der Waals surface area contributed by atoms with Gasteiger partial charge < -0.3 is 9.80 Å². The number of halogens is 1. The van der Waals surface area contributed by atoms with Crippen LogP contribution in [0.15, 0.2) is 28.7 Å². The number of hydrogen-bond acceptors (Lipinski definition) is 1. The lowest BCUT2D eigenvalue weighted by Crippen LogP contribution is -3.12. The van der Waals surface area contributed by atoms with Crippen LogP contribution < -0.4 is 4.90 Å². The fourth-order valence-electron chi connectivity index (χ4n) is 4.01. The number of rotatable bonds is 3. The minimum Gasteiger partial charge on any atom is -0.342 e. The van der Waals surface area contributed by atoms with Crippen molar-refractivity contribution in [2.24, 2.45) is 5.92 Å². The molecule has 0 radical (unpaired) electrons. The number of amides is 1. The first kappa shape index (κ1) is 17.0. The number of benzene rings is 1. The lowest BCUT2D eigenvalue weighted by atomic mass is 9.96. The van der Waals surface area contributed by atoms with Gasteiger partial charge in [0.15, 0.2) is 0 Å². The number of nitrogens with one attached hydrogen (secondary N) is 1. The van der Waals surface area contributed by atoms with Crippen molar-refractivity contribution >= 4 is 21.8 Å². The van der Waals surface area contributed by atoms with Gasteiger partial charge in [0.2, 0.25) is 5.91 Å². The van der Waals surface area contributed by atoms with Crippen LogP contribution in [0, 0.1) is 5.92 Å². The molecule has 2 aliphatic heterocycles. The Balaban J connectivity index is 1.57. The molecule has 1 aromatic rings. The van der Waals surface area contributed by atoms with Gasteiger partial charge in [-0.15, -0.1) is 0 Å². The lowest BCUT2D eigenvalue weighted by molar-refractivity contribution is -0.921.